The van der Waals surface area contributed by atoms with E-state index in [2.05, 4.69) is 28.3 Å². The molecule has 0 spiro atoms. The molecule has 7 heteroatoms. The fourth-order valence-corrected chi connectivity index (χ4v) is 3.09. The number of fused-ring (bicyclic) bond motifs is 1. The number of primary amides is 1. The first kappa shape index (κ1) is 15.5. The molecule has 2 rings (SSSR count). The van der Waals surface area contributed by atoms with E-state index >= 15 is 0 Å². The van der Waals surface area contributed by atoms with Gasteiger partial charge in [0.05, 0.1) is 11.9 Å². The summed E-state index contributed by atoms with van der Waals surface area (Å²) in [6, 6.07) is 2.22. The summed E-state index contributed by atoms with van der Waals surface area (Å²) in [5, 5.41) is 3.95. The summed E-state index contributed by atoms with van der Waals surface area (Å²) >= 11 is 1.66. The fraction of sp³-hybridized carbons (Fsp3) is 0.500. The molecule has 0 aliphatic rings. The Morgan fingerprint density at radius 1 is 1.48 bits per heavy atom. The van der Waals surface area contributed by atoms with Gasteiger partial charge in [-0.2, -0.15) is 4.98 Å². The number of anilines is 2. The first-order valence-corrected chi connectivity index (χ1v) is 7.81. The average Bonchev–Trinajstić information content (AvgIpc) is 2.86. The Hall–Kier alpha value is -1.89. The van der Waals surface area contributed by atoms with E-state index in [-0.39, 0.29) is 18.5 Å². The summed E-state index contributed by atoms with van der Waals surface area (Å²) in [6.07, 6.45) is 0.951. The highest BCUT2D eigenvalue weighted by Gasteiger charge is 2.20. The number of aromatic nitrogens is 2. The van der Waals surface area contributed by atoms with Crippen LogP contribution in [0.4, 0.5) is 11.8 Å². The molecule has 1 amide bonds. The predicted octanol–water partition coefficient (Wildman–Crippen LogP) is 2.00. The van der Waals surface area contributed by atoms with E-state index in [9.17, 15) is 4.79 Å². The normalized spacial score (nSPS) is 11.1. The van der Waals surface area contributed by atoms with Crippen molar-refractivity contribution >= 4 is 39.2 Å². The van der Waals surface area contributed by atoms with Gasteiger partial charge in [0.15, 0.2) is 0 Å². The van der Waals surface area contributed by atoms with Gasteiger partial charge < -0.3 is 16.0 Å². The monoisotopic (exact) mass is 307 g/mol. The zero-order chi connectivity index (χ0) is 15.6. The summed E-state index contributed by atoms with van der Waals surface area (Å²) in [4.78, 5) is 24.5. The maximum atomic E-state index is 11.4. The van der Waals surface area contributed by atoms with Crippen molar-refractivity contribution in [3.05, 3.63) is 10.9 Å². The third-order valence-electron chi connectivity index (χ3n) is 3.22. The lowest BCUT2D eigenvalue weighted by Gasteiger charge is -2.27. The van der Waals surface area contributed by atoms with Gasteiger partial charge in [0.2, 0.25) is 11.9 Å². The molecule has 0 aliphatic carbocycles. The minimum atomic E-state index is -0.368. The Bertz CT molecular complexity index is 652. The molecule has 2 aromatic heterocycles. The van der Waals surface area contributed by atoms with E-state index in [1.165, 1.54) is 4.88 Å². The van der Waals surface area contributed by atoms with Gasteiger partial charge in [-0.05, 0) is 26.3 Å². The van der Waals surface area contributed by atoms with E-state index < -0.39 is 0 Å². The molecule has 3 N–H and O–H groups in total. The molecule has 0 saturated heterocycles. The second-order valence-corrected chi connectivity index (χ2v) is 6.21. The molecular formula is C14H21N5OS. The lowest BCUT2D eigenvalue weighted by atomic mass is 10.2. The fourth-order valence-electron chi connectivity index (χ4n) is 2.13. The summed E-state index contributed by atoms with van der Waals surface area (Å²) in [6.45, 7) is 6.29. The topological polar surface area (TPSA) is 84.1 Å². The Morgan fingerprint density at radius 2 is 2.19 bits per heavy atom. The first-order chi connectivity index (χ1) is 9.96. The van der Waals surface area contributed by atoms with E-state index in [0.717, 1.165) is 22.5 Å². The molecule has 0 atom stereocenters. The minimum absolute atomic E-state index is 0.116. The molecule has 2 aromatic rings. The predicted molar refractivity (Wildman–Crippen MR) is 88.0 cm³/mol. The number of nitrogens with two attached hydrogens (primary N) is 1. The third kappa shape index (κ3) is 3.24. The first-order valence-electron chi connectivity index (χ1n) is 6.99. The molecular weight excluding hydrogens is 286 g/mol. The van der Waals surface area contributed by atoms with Gasteiger partial charge in [-0.1, -0.05) is 6.92 Å². The Morgan fingerprint density at radius 3 is 2.71 bits per heavy atom. The van der Waals surface area contributed by atoms with Crippen LogP contribution in [0.1, 0.15) is 25.6 Å². The molecule has 0 aromatic carbocycles. The van der Waals surface area contributed by atoms with Crippen LogP contribution in [-0.4, -0.2) is 35.5 Å². The molecule has 0 bridgehead atoms. The van der Waals surface area contributed by atoms with Crippen molar-refractivity contribution in [2.45, 2.75) is 33.2 Å². The lowest BCUT2D eigenvalue weighted by Crippen LogP contribution is -2.39. The number of carbonyl (C=O) groups excluding carboxylic acids is 1. The van der Waals surface area contributed by atoms with Crippen molar-refractivity contribution in [1.82, 2.24) is 9.97 Å². The quantitative estimate of drug-likeness (QED) is 0.852. The van der Waals surface area contributed by atoms with Crippen LogP contribution in [-0.2, 0) is 11.2 Å². The van der Waals surface area contributed by atoms with Crippen LogP contribution < -0.4 is 16.0 Å². The van der Waals surface area contributed by atoms with Crippen LogP contribution in [0.3, 0.4) is 0 Å². The third-order valence-corrected chi connectivity index (χ3v) is 4.39. The van der Waals surface area contributed by atoms with Crippen molar-refractivity contribution in [3.8, 4) is 0 Å². The zero-order valence-corrected chi connectivity index (χ0v) is 13.6. The molecule has 21 heavy (non-hydrogen) atoms. The van der Waals surface area contributed by atoms with Crippen molar-refractivity contribution in [3.63, 3.8) is 0 Å². The number of nitrogens with zero attached hydrogens (tertiary/aromatic N) is 3. The summed E-state index contributed by atoms with van der Waals surface area (Å²) in [5.74, 6) is 0.943. The lowest BCUT2D eigenvalue weighted by molar-refractivity contribution is -0.116. The van der Waals surface area contributed by atoms with Crippen molar-refractivity contribution in [2.24, 2.45) is 5.73 Å². The number of hydrogen-bond donors (Lipinski definition) is 2. The largest absolute Gasteiger partial charge is 0.368 e. The summed E-state index contributed by atoms with van der Waals surface area (Å²) < 4.78 is 0. The van der Waals surface area contributed by atoms with Crippen LogP contribution in [0.2, 0.25) is 0 Å². The van der Waals surface area contributed by atoms with Crippen LogP contribution in [0.25, 0.3) is 10.2 Å². The van der Waals surface area contributed by atoms with Crippen molar-refractivity contribution in [2.75, 3.05) is 23.8 Å². The number of nitrogens with one attached hydrogen (secondary N) is 1. The molecule has 6 nitrogen and oxygen atoms in total. The number of thiophene rings is 1. The highest BCUT2D eigenvalue weighted by Crippen LogP contribution is 2.33. The highest BCUT2D eigenvalue weighted by atomic mass is 32.1. The molecule has 114 valence electrons. The summed E-state index contributed by atoms with van der Waals surface area (Å²) in [5.41, 5.74) is 5.38. The molecule has 0 radical (unpaired) electrons. The van der Waals surface area contributed by atoms with Crippen molar-refractivity contribution < 1.29 is 4.79 Å². The van der Waals surface area contributed by atoms with Crippen LogP contribution >= 0.6 is 11.3 Å². The molecule has 2 heterocycles. The minimum Gasteiger partial charge on any atom is -0.368 e. The van der Waals surface area contributed by atoms with E-state index in [1.54, 1.807) is 18.4 Å². The van der Waals surface area contributed by atoms with E-state index in [0.29, 0.717) is 5.95 Å². The Kier molecular flexibility index (Phi) is 4.62. The number of amides is 1. The molecule has 0 saturated carbocycles. The average molecular weight is 307 g/mol. The van der Waals surface area contributed by atoms with Gasteiger partial charge in [-0.15, -0.1) is 11.3 Å². The van der Waals surface area contributed by atoms with Gasteiger partial charge in [-0.25, -0.2) is 4.98 Å². The molecule has 0 aliphatic heterocycles. The van der Waals surface area contributed by atoms with E-state index in [1.807, 2.05) is 18.7 Å². The number of aryl methyl sites for hydroxylation is 1. The Balaban J connectivity index is 2.62. The van der Waals surface area contributed by atoms with E-state index in [4.69, 9.17) is 5.73 Å². The van der Waals surface area contributed by atoms with Gasteiger partial charge in [0, 0.05) is 18.0 Å². The van der Waals surface area contributed by atoms with Crippen LogP contribution in [0.5, 0.6) is 0 Å². The van der Waals surface area contributed by atoms with Crippen LogP contribution in [0, 0.1) is 0 Å². The van der Waals surface area contributed by atoms with Gasteiger partial charge in [-0.3, -0.25) is 4.79 Å². The second-order valence-electron chi connectivity index (χ2n) is 5.09. The van der Waals surface area contributed by atoms with Gasteiger partial charge in [0.1, 0.15) is 10.6 Å². The zero-order valence-electron chi connectivity index (χ0n) is 12.8. The maximum absolute atomic E-state index is 11.4. The molecule has 0 unspecified atom stereocenters. The van der Waals surface area contributed by atoms with Gasteiger partial charge >= 0.3 is 0 Å². The smallest absolute Gasteiger partial charge is 0.237 e. The maximum Gasteiger partial charge on any atom is 0.237 e. The highest BCUT2D eigenvalue weighted by molar-refractivity contribution is 7.18. The second kappa shape index (κ2) is 6.26. The summed E-state index contributed by atoms with van der Waals surface area (Å²) in [7, 11) is 1.78. The number of rotatable bonds is 6. The SMILES string of the molecule is CCc1cc2c(N(CC(N)=O)C(C)C)nc(NC)nc2s1. The standard InChI is InChI=1S/C14H21N5OS/c1-5-9-6-10-12(19(8(2)3)7-11(15)20)17-14(16-4)18-13(10)21-9/h6,8H,5,7H2,1-4H3,(H2,15,20)(H,16,17,18). The van der Waals surface area contributed by atoms with Gasteiger partial charge in [0.25, 0.3) is 0 Å². The van der Waals surface area contributed by atoms with Crippen molar-refractivity contribution in [1.29, 1.82) is 0 Å². The van der Waals surface area contributed by atoms with Crippen LogP contribution in [0.15, 0.2) is 6.07 Å². The molecule has 0 fully saturated rings. The Labute approximate surface area is 128 Å². The number of carbonyl (C=O) groups is 1. The number of hydrogen-bond acceptors (Lipinski definition) is 6.